The number of urea groups is 1. The van der Waals surface area contributed by atoms with Crippen LogP contribution in [0.1, 0.15) is 78.0 Å². The van der Waals surface area contributed by atoms with Crippen molar-refractivity contribution in [2.24, 2.45) is 5.92 Å². The van der Waals surface area contributed by atoms with E-state index in [9.17, 15) is 50.0 Å². The molecule has 3 amide bonds. The van der Waals surface area contributed by atoms with Crippen LogP contribution in [0.5, 0.6) is 0 Å². The number of hydrogen-bond acceptors (Lipinski definition) is 8. The first-order chi connectivity index (χ1) is 22.1. The summed E-state index contributed by atoms with van der Waals surface area (Å²) in [7, 11) is 0. The summed E-state index contributed by atoms with van der Waals surface area (Å²) in [6, 6.07) is -1.99. The minimum absolute atomic E-state index is 0.0180. The smallest absolute Gasteiger partial charge is 0.342 e. The van der Waals surface area contributed by atoms with Crippen molar-refractivity contribution in [1.82, 2.24) is 40.4 Å². The SMILES string of the molecule is N#CC[C@H](c1cnn2cc([C@@H](NC(=O)c3nonc3CCC(F)(F)F)C3CCC(=C(F)F)CC3)nc2c1)N1C[C@@H](C(F)(F)F)NC1=O. The highest BCUT2D eigenvalue weighted by Gasteiger charge is 2.48. The number of fused-ring (bicyclic) bond motifs is 1. The van der Waals surface area contributed by atoms with Gasteiger partial charge in [0, 0.05) is 12.8 Å². The van der Waals surface area contributed by atoms with Crippen LogP contribution in [0.4, 0.5) is 39.9 Å². The van der Waals surface area contributed by atoms with E-state index < -0.39 is 79.5 Å². The van der Waals surface area contributed by atoms with E-state index in [1.807, 2.05) is 11.4 Å². The molecular weight excluding hydrogens is 650 g/mol. The van der Waals surface area contributed by atoms with Gasteiger partial charge in [-0.25, -0.2) is 18.9 Å². The Morgan fingerprint density at radius 3 is 2.51 bits per heavy atom. The Kier molecular flexibility index (Phi) is 9.36. The van der Waals surface area contributed by atoms with Gasteiger partial charge in [0.2, 0.25) is 0 Å². The van der Waals surface area contributed by atoms with Crippen molar-refractivity contribution in [2.45, 2.75) is 75.4 Å². The van der Waals surface area contributed by atoms with E-state index in [-0.39, 0.29) is 60.3 Å². The third-order valence-electron chi connectivity index (χ3n) is 8.13. The molecule has 1 saturated carbocycles. The van der Waals surface area contributed by atoms with Crippen molar-refractivity contribution < 1.29 is 49.3 Å². The van der Waals surface area contributed by atoms with E-state index in [4.69, 9.17) is 0 Å². The predicted molar refractivity (Wildman–Crippen MR) is 141 cm³/mol. The summed E-state index contributed by atoms with van der Waals surface area (Å²) in [5.41, 5.74) is -0.367. The minimum atomic E-state index is -4.71. The molecule has 12 nitrogen and oxygen atoms in total. The van der Waals surface area contributed by atoms with Gasteiger partial charge in [0.15, 0.2) is 11.3 Å². The van der Waals surface area contributed by atoms with Crippen LogP contribution in [-0.4, -0.2) is 66.7 Å². The molecule has 4 heterocycles. The number of nitrogens with zero attached hydrogens (tertiary/aromatic N) is 7. The van der Waals surface area contributed by atoms with E-state index in [1.54, 1.807) is 0 Å². The monoisotopic (exact) mass is 675 g/mol. The fourth-order valence-corrected chi connectivity index (χ4v) is 5.70. The maximum absolute atomic E-state index is 13.3. The van der Waals surface area contributed by atoms with E-state index in [0.717, 1.165) is 4.90 Å². The number of allylic oxidation sites excluding steroid dienone is 1. The fraction of sp³-hybridized carbons (Fsp3) is 0.519. The lowest BCUT2D eigenvalue weighted by Crippen LogP contribution is -2.40. The summed E-state index contributed by atoms with van der Waals surface area (Å²) in [6.07, 6.45) is -10.3. The number of imidazole rings is 1. The number of aromatic nitrogens is 5. The molecule has 1 aliphatic carbocycles. The third kappa shape index (κ3) is 7.60. The molecule has 0 aromatic carbocycles. The van der Waals surface area contributed by atoms with Crippen LogP contribution < -0.4 is 10.6 Å². The number of halogens is 8. The lowest BCUT2D eigenvalue weighted by atomic mass is 9.80. The van der Waals surface area contributed by atoms with Crippen LogP contribution in [0.3, 0.4) is 0 Å². The zero-order valence-corrected chi connectivity index (χ0v) is 24.1. The summed E-state index contributed by atoms with van der Waals surface area (Å²) in [5.74, 6) is -1.41. The molecule has 47 heavy (non-hydrogen) atoms. The van der Waals surface area contributed by atoms with Gasteiger partial charge in [-0.05, 0) is 54.0 Å². The molecule has 3 aromatic rings. The Bertz CT molecular complexity index is 1700. The fourth-order valence-electron chi connectivity index (χ4n) is 5.70. The largest absolute Gasteiger partial charge is 0.410 e. The van der Waals surface area contributed by atoms with Gasteiger partial charge < -0.3 is 15.5 Å². The van der Waals surface area contributed by atoms with Crippen LogP contribution >= 0.6 is 0 Å². The van der Waals surface area contributed by atoms with Crippen LogP contribution in [0.2, 0.25) is 0 Å². The molecule has 20 heteroatoms. The third-order valence-corrected chi connectivity index (χ3v) is 8.13. The molecule has 0 spiro atoms. The highest BCUT2D eigenvalue weighted by atomic mass is 19.4. The molecule has 1 saturated heterocycles. The van der Waals surface area contributed by atoms with Crippen molar-refractivity contribution in [3.05, 3.63) is 52.8 Å². The van der Waals surface area contributed by atoms with Gasteiger partial charge in [-0.15, -0.1) is 0 Å². The molecular formula is C27H25F8N9O3. The molecule has 2 fully saturated rings. The standard InChI is InChI=1S/C27H25F8N9O3/c28-23(29)14-3-1-13(2-4-14)21(40-24(45)22-16(41-47-42-22)5-7-26(30,31)32)17-11-44-20(38-17)9-15(10-37-44)18(6-8-36)43-12-19(27(33,34)35)39-25(43)46/h9-11,13,18-19,21H,1-7,12H2,(H,39,46)(H,40,45)/t18-,19+,21+/m1/s1. The molecule has 0 radical (unpaired) electrons. The average Bonchev–Trinajstić information content (AvgIpc) is 3.75. The Balaban J connectivity index is 1.44. The lowest BCUT2D eigenvalue weighted by molar-refractivity contribution is -0.150. The maximum Gasteiger partial charge on any atom is 0.410 e. The second-order valence-corrected chi connectivity index (χ2v) is 11.2. The number of carbonyl (C=O) groups excluding carboxylic acids is 2. The van der Waals surface area contributed by atoms with Crippen molar-refractivity contribution in [1.29, 1.82) is 5.26 Å². The quantitative estimate of drug-likeness (QED) is 0.289. The van der Waals surface area contributed by atoms with Gasteiger partial charge in [0.05, 0.1) is 49.2 Å². The first-order valence-corrected chi connectivity index (χ1v) is 14.2. The summed E-state index contributed by atoms with van der Waals surface area (Å²) >= 11 is 0. The second kappa shape index (κ2) is 13.1. The number of carbonyl (C=O) groups is 2. The van der Waals surface area contributed by atoms with Crippen LogP contribution in [0, 0.1) is 17.2 Å². The van der Waals surface area contributed by atoms with Crippen molar-refractivity contribution in [3.63, 3.8) is 0 Å². The number of nitrogens with one attached hydrogen (secondary N) is 2. The van der Waals surface area contributed by atoms with Gasteiger partial charge in [-0.3, -0.25) is 4.79 Å². The van der Waals surface area contributed by atoms with Gasteiger partial charge in [-0.1, -0.05) is 5.16 Å². The van der Waals surface area contributed by atoms with Gasteiger partial charge in [0.1, 0.15) is 11.7 Å². The molecule has 5 rings (SSSR count). The van der Waals surface area contributed by atoms with E-state index >= 15 is 0 Å². The van der Waals surface area contributed by atoms with E-state index in [1.165, 1.54) is 23.0 Å². The van der Waals surface area contributed by atoms with Crippen molar-refractivity contribution in [3.8, 4) is 6.07 Å². The van der Waals surface area contributed by atoms with Gasteiger partial charge in [0.25, 0.3) is 12.0 Å². The number of amides is 3. The Labute approximate surface area is 259 Å². The highest BCUT2D eigenvalue weighted by molar-refractivity contribution is 5.93. The molecule has 2 N–H and O–H groups in total. The normalized spacial score (nSPS) is 20.2. The summed E-state index contributed by atoms with van der Waals surface area (Å²) in [6.45, 7) is -0.743. The molecule has 252 valence electrons. The van der Waals surface area contributed by atoms with Crippen molar-refractivity contribution >= 4 is 17.6 Å². The van der Waals surface area contributed by atoms with E-state index in [2.05, 4.69) is 30.3 Å². The maximum atomic E-state index is 13.3. The first kappa shape index (κ1) is 33.5. The molecule has 3 aromatic heterocycles. The molecule has 2 aliphatic rings. The molecule has 1 aliphatic heterocycles. The first-order valence-electron chi connectivity index (χ1n) is 14.2. The Morgan fingerprint density at radius 2 is 1.89 bits per heavy atom. The summed E-state index contributed by atoms with van der Waals surface area (Å²) < 4.78 is 111. The van der Waals surface area contributed by atoms with Gasteiger partial charge >= 0.3 is 18.4 Å². The number of nitriles is 1. The molecule has 3 atom stereocenters. The number of rotatable bonds is 9. The Morgan fingerprint density at radius 1 is 1.17 bits per heavy atom. The molecule has 0 bridgehead atoms. The van der Waals surface area contributed by atoms with Crippen LogP contribution in [0.15, 0.2) is 34.7 Å². The highest BCUT2D eigenvalue weighted by Crippen LogP contribution is 2.39. The van der Waals surface area contributed by atoms with Crippen LogP contribution in [-0.2, 0) is 6.42 Å². The Hall–Kier alpha value is -4.83. The lowest BCUT2D eigenvalue weighted by Gasteiger charge is -2.30. The van der Waals surface area contributed by atoms with Gasteiger partial charge in [-0.2, -0.15) is 45.5 Å². The second-order valence-electron chi connectivity index (χ2n) is 11.2. The van der Waals surface area contributed by atoms with Crippen molar-refractivity contribution in [2.75, 3.05) is 6.54 Å². The number of aryl methyl sites for hydroxylation is 1. The topological polar surface area (TPSA) is 154 Å². The predicted octanol–water partition coefficient (Wildman–Crippen LogP) is 5.33. The summed E-state index contributed by atoms with van der Waals surface area (Å²) in [5, 5.41) is 25.0. The zero-order chi connectivity index (χ0) is 34.1. The molecule has 0 unspecified atom stereocenters. The zero-order valence-electron chi connectivity index (χ0n) is 24.1. The number of alkyl halides is 6. The average molecular weight is 676 g/mol. The number of hydrogen-bond donors (Lipinski definition) is 2. The van der Waals surface area contributed by atoms with Crippen LogP contribution in [0.25, 0.3) is 5.65 Å². The summed E-state index contributed by atoms with van der Waals surface area (Å²) in [4.78, 5) is 31.1. The van der Waals surface area contributed by atoms with E-state index in [0.29, 0.717) is 0 Å². The minimum Gasteiger partial charge on any atom is -0.342 e.